The molecule has 0 aliphatic carbocycles. The van der Waals surface area contributed by atoms with Crippen LogP contribution in [0.3, 0.4) is 0 Å². The van der Waals surface area contributed by atoms with E-state index < -0.39 is 16.3 Å². The number of carbonyl (C=O) groups excluding carboxylic acids is 1. The number of hydrogen-bond donors (Lipinski definition) is 1. The first-order chi connectivity index (χ1) is 9.35. The molecule has 0 atom stereocenters. The lowest BCUT2D eigenvalue weighted by molar-refractivity contribution is 0.0307. The molecule has 1 rings (SSSR count). The Morgan fingerprint density at radius 3 is 2.50 bits per heavy atom. The van der Waals surface area contributed by atoms with Gasteiger partial charge >= 0.3 is 16.3 Å². The van der Waals surface area contributed by atoms with Crippen LogP contribution in [-0.4, -0.2) is 56.1 Å². The fourth-order valence-electron chi connectivity index (χ4n) is 1.86. The number of rotatable bonds is 6. The molecule has 1 aliphatic heterocycles. The summed E-state index contributed by atoms with van der Waals surface area (Å²) in [5.41, 5.74) is 0. The van der Waals surface area contributed by atoms with Crippen molar-refractivity contribution in [2.75, 3.05) is 25.0 Å². The van der Waals surface area contributed by atoms with Gasteiger partial charge in [-0.15, -0.1) is 0 Å². The standard InChI is InChI=1S/C11H21BrN2O5S/c1-9(2)19-11(15)13-20(16,17)14-6-3-10(4-7-14)18-8-5-12/h9-10H,3-8H2,1-2H3,(H,13,15). The predicted molar refractivity (Wildman–Crippen MR) is 78.0 cm³/mol. The predicted octanol–water partition coefficient (Wildman–Crippen LogP) is 1.24. The van der Waals surface area contributed by atoms with Gasteiger partial charge in [-0.25, -0.2) is 9.52 Å². The lowest BCUT2D eigenvalue weighted by atomic mass is 10.1. The Bertz CT molecular complexity index is 407. The molecule has 0 aromatic carbocycles. The number of hydrogen-bond acceptors (Lipinski definition) is 5. The zero-order valence-corrected chi connectivity index (χ0v) is 14.1. The summed E-state index contributed by atoms with van der Waals surface area (Å²) in [6.07, 6.45) is -0.00633. The third kappa shape index (κ3) is 5.94. The molecular formula is C11H21BrN2O5S. The van der Waals surface area contributed by atoms with Crippen molar-refractivity contribution < 1.29 is 22.7 Å². The molecule has 9 heteroatoms. The van der Waals surface area contributed by atoms with Crippen molar-refractivity contribution in [3.05, 3.63) is 0 Å². The van der Waals surface area contributed by atoms with Crippen molar-refractivity contribution in [2.24, 2.45) is 0 Å². The highest BCUT2D eigenvalue weighted by Gasteiger charge is 2.30. The fraction of sp³-hybridized carbons (Fsp3) is 0.909. The van der Waals surface area contributed by atoms with Crippen LogP contribution in [0.15, 0.2) is 0 Å². The zero-order valence-electron chi connectivity index (χ0n) is 11.7. The van der Waals surface area contributed by atoms with Crippen LogP contribution in [0.5, 0.6) is 0 Å². The van der Waals surface area contributed by atoms with Crippen LogP contribution in [0.1, 0.15) is 26.7 Å². The van der Waals surface area contributed by atoms with Gasteiger partial charge in [0.1, 0.15) is 0 Å². The van der Waals surface area contributed by atoms with E-state index in [1.165, 1.54) is 4.31 Å². The minimum absolute atomic E-state index is 0.0709. The van der Waals surface area contributed by atoms with Gasteiger partial charge in [0, 0.05) is 18.4 Å². The summed E-state index contributed by atoms with van der Waals surface area (Å²) in [5.74, 6) is 0. The largest absolute Gasteiger partial charge is 0.446 e. The SMILES string of the molecule is CC(C)OC(=O)NS(=O)(=O)N1CCC(OCCBr)CC1. The molecule has 1 aliphatic rings. The lowest BCUT2D eigenvalue weighted by Crippen LogP contribution is -2.48. The molecule has 1 fully saturated rings. The molecule has 0 aromatic rings. The third-order valence-corrected chi connectivity index (χ3v) is 4.52. The van der Waals surface area contributed by atoms with Crippen LogP contribution in [0.2, 0.25) is 0 Å². The van der Waals surface area contributed by atoms with E-state index in [2.05, 4.69) is 15.9 Å². The molecule has 1 saturated heterocycles. The Morgan fingerprint density at radius 2 is 2.00 bits per heavy atom. The Kier molecular flexibility index (Phi) is 7.21. The van der Waals surface area contributed by atoms with Crippen LogP contribution < -0.4 is 4.72 Å². The smallest absolute Gasteiger partial charge is 0.422 e. The highest BCUT2D eigenvalue weighted by Crippen LogP contribution is 2.16. The van der Waals surface area contributed by atoms with Gasteiger partial charge in [0.25, 0.3) is 0 Å². The van der Waals surface area contributed by atoms with E-state index in [4.69, 9.17) is 9.47 Å². The van der Waals surface area contributed by atoms with Gasteiger partial charge in [0.05, 0.1) is 18.8 Å². The van der Waals surface area contributed by atoms with Crippen LogP contribution in [0.25, 0.3) is 0 Å². The average molecular weight is 373 g/mol. The maximum Gasteiger partial charge on any atom is 0.422 e. The Morgan fingerprint density at radius 1 is 1.40 bits per heavy atom. The highest BCUT2D eigenvalue weighted by molar-refractivity contribution is 9.09. The number of halogens is 1. The Balaban J connectivity index is 2.44. The topological polar surface area (TPSA) is 84.9 Å². The first-order valence-corrected chi connectivity index (χ1v) is 9.07. The molecule has 0 bridgehead atoms. The van der Waals surface area contributed by atoms with Crippen molar-refractivity contribution in [1.82, 2.24) is 9.03 Å². The number of nitrogens with one attached hydrogen (secondary N) is 1. The molecule has 7 nitrogen and oxygen atoms in total. The van der Waals surface area contributed by atoms with Gasteiger partial charge < -0.3 is 9.47 Å². The summed E-state index contributed by atoms with van der Waals surface area (Å²) in [6, 6.07) is 0. The highest BCUT2D eigenvalue weighted by atomic mass is 79.9. The van der Waals surface area contributed by atoms with Crippen molar-refractivity contribution in [3.8, 4) is 0 Å². The minimum Gasteiger partial charge on any atom is -0.446 e. The quantitative estimate of drug-likeness (QED) is 0.709. The summed E-state index contributed by atoms with van der Waals surface area (Å²) < 4.78 is 37.4. The number of ether oxygens (including phenoxy) is 2. The molecule has 0 aromatic heterocycles. The Labute approximate surface area is 128 Å². The number of amides is 1. The van der Waals surface area contributed by atoms with Crippen LogP contribution in [0.4, 0.5) is 4.79 Å². The molecule has 0 unspecified atom stereocenters. The van der Waals surface area contributed by atoms with E-state index in [9.17, 15) is 13.2 Å². The van der Waals surface area contributed by atoms with Gasteiger partial charge in [-0.1, -0.05) is 15.9 Å². The second-order valence-electron chi connectivity index (χ2n) is 4.72. The molecule has 0 spiro atoms. The monoisotopic (exact) mass is 372 g/mol. The van der Waals surface area contributed by atoms with E-state index >= 15 is 0 Å². The van der Waals surface area contributed by atoms with Gasteiger partial charge in [-0.3, -0.25) is 0 Å². The van der Waals surface area contributed by atoms with Crippen LogP contribution in [0, 0.1) is 0 Å². The summed E-state index contributed by atoms with van der Waals surface area (Å²) in [5, 5.41) is 0.758. The molecule has 1 heterocycles. The number of alkyl halides is 1. The maximum atomic E-state index is 12.0. The summed E-state index contributed by atoms with van der Waals surface area (Å²) >= 11 is 3.27. The minimum atomic E-state index is -3.83. The fourth-order valence-corrected chi connectivity index (χ4v) is 3.12. The van der Waals surface area contributed by atoms with Crippen molar-refractivity contribution in [1.29, 1.82) is 0 Å². The van der Waals surface area contributed by atoms with Crippen molar-refractivity contribution in [2.45, 2.75) is 38.9 Å². The molecule has 20 heavy (non-hydrogen) atoms. The lowest BCUT2D eigenvalue weighted by Gasteiger charge is -2.30. The molecule has 1 N–H and O–H groups in total. The first kappa shape index (κ1) is 17.7. The molecule has 0 radical (unpaired) electrons. The van der Waals surface area contributed by atoms with E-state index in [0.717, 1.165) is 5.33 Å². The summed E-state index contributed by atoms with van der Waals surface area (Å²) in [4.78, 5) is 11.3. The third-order valence-electron chi connectivity index (χ3n) is 2.73. The second kappa shape index (κ2) is 8.16. The molecular weight excluding hydrogens is 352 g/mol. The van der Waals surface area contributed by atoms with E-state index in [-0.39, 0.29) is 12.2 Å². The second-order valence-corrected chi connectivity index (χ2v) is 7.18. The first-order valence-electron chi connectivity index (χ1n) is 6.51. The maximum absolute atomic E-state index is 12.0. The van der Waals surface area contributed by atoms with Crippen LogP contribution in [-0.2, 0) is 19.7 Å². The molecule has 118 valence electrons. The normalized spacial score (nSPS) is 18.2. The van der Waals surface area contributed by atoms with Crippen LogP contribution >= 0.6 is 15.9 Å². The van der Waals surface area contributed by atoms with Gasteiger partial charge in [0.15, 0.2) is 0 Å². The van der Waals surface area contributed by atoms with Crippen molar-refractivity contribution in [3.63, 3.8) is 0 Å². The number of carbonyl (C=O) groups is 1. The average Bonchev–Trinajstić information content (AvgIpc) is 2.35. The number of piperidine rings is 1. The Hall–Kier alpha value is -0.380. The van der Waals surface area contributed by atoms with E-state index in [1.54, 1.807) is 13.8 Å². The molecule has 0 saturated carbocycles. The summed E-state index contributed by atoms with van der Waals surface area (Å²) in [6.45, 7) is 4.57. The van der Waals surface area contributed by atoms with E-state index in [0.29, 0.717) is 32.5 Å². The van der Waals surface area contributed by atoms with E-state index in [1.807, 2.05) is 4.72 Å². The molecule has 1 amide bonds. The van der Waals surface area contributed by atoms with Gasteiger partial charge in [-0.05, 0) is 26.7 Å². The van der Waals surface area contributed by atoms with Gasteiger partial charge in [0.2, 0.25) is 0 Å². The van der Waals surface area contributed by atoms with Crippen molar-refractivity contribution >= 4 is 32.2 Å². The summed E-state index contributed by atoms with van der Waals surface area (Å²) in [7, 11) is -3.83. The zero-order chi connectivity index (χ0) is 15.2. The van der Waals surface area contributed by atoms with Gasteiger partial charge in [-0.2, -0.15) is 12.7 Å². The number of nitrogens with zero attached hydrogens (tertiary/aromatic N) is 1.